The summed E-state index contributed by atoms with van der Waals surface area (Å²) in [5.74, 6) is 0.0494. The van der Waals surface area contributed by atoms with Gasteiger partial charge in [-0.2, -0.15) is 0 Å². The summed E-state index contributed by atoms with van der Waals surface area (Å²) in [5.41, 5.74) is 1.19. The Kier molecular flexibility index (Phi) is 3.13. The van der Waals surface area contributed by atoms with Gasteiger partial charge in [0.15, 0.2) is 0 Å². The van der Waals surface area contributed by atoms with Crippen LogP contribution in [0.5, 0.6) is 0 Å². The third kappa shape index (κ3) is 2.13. The number of rotatable bonds is 1. The van der Waals surface area contributed by atoms with Crippen molar-refractivity contribution in [1.82, 2.24) is 0 Å². The summed E-state index contributed by atoms with van der Waals surface area (Å²) in [4.78, 5) is 0. The summed E-state index contributed by atoms with van der Waals surface area (Å²) in [5, 5.41) is 11.3. The van der Waals surface area contributed by atoms with Gasteiger partial charge in [-0.15, -0.1) is 0 Å². The summed E-state index contributed by atoms with van der Waals surface area (Å²) in [6.45, 7) is 0.753. The van der Waals surface area contributed by atoms with E-state index in [-0.39, 0.29) is 17.3 Å². The Labute approximate surface area is 125 Å². The summed E-state index contributed by atoms with van der Waals surface area (Å²) in [7, 11) is 0. The number of hydrogen-bond donors (Lipinski definition) is 1. The van der Waals surface area contributed by atoms with Crippen LogP contribution in [-0.2, 0) is 16.8 Å². The Bertz CT molecular complexity index is 550. The number of hydrogen-bond acceptors (Lipinski definition) is 2. The fourth-order valence-electron chi connectivity index (χ4n) is 4.88. The van der Waals surface area contributed by atoms with E-state index in [1.807, 2.05) is 0 Å². The minimum atomic E-state index is -0.775. The third-order valence-electron chi connectivity index (χ3n) is 5.99. The normalized spacial score (nSPS) is 34.3. The molecule has 2 atom stereocenters. The minimum Gasteiger partial charge on any atom is -0.385 e. The van der Waals surface area contributed by atoms with Crippen molar-refractivity contribution in [3.8, 4) is 0 Å². The quantitative estimate of drug-likeness (QED) is 0.854. The molecule has 1 aromatic carbocycles. The average Bonchev–Trinajstić information content (AvgIpc) is 3.05. The lowest BCUT2D eigenvalue weighted by Gasteiger charge is -2.44. The first-order valence-electron chi connectivity index (χ1n) is 8.27. The molecule has 0 radical (unpaired) electrons. The van der Waals surface area contributed by atoms with Crippen LogP contribution >= 0.6 is 0 Å². The lowest BCUT2D eigenvalue weighted by atomic mass is 9.72. The highest BCUT2D eigenvalue weighted by Crippen LogP contribution is 2.51. The molecule has 1 aliphatic heterocycles. The van der Waals surface area contributed by atoms with Crippen LogP contribution in [0.25, 0.3) is 0 Å². The second-order valence-electron chi connectivity index (χ2n) is 7.15. The lowest BCUT2D eigenvalue weighted by Crippen LogP contribution is -2.45. The van der Waals surface area contributed by atoms with E-state index in [9.17, 15) is 9.50 Å². The molecule has 1 saturated carbocycles. The number of aliphatic hydroxyl groups is 1. The van der Waals surface area contributed by atoms with Gasteiger partial charge in [0.2, 0.25) is 0 Å². The molecule has 2 nitrogen and oxygen atoms in total. The van der Waals surface area contributed by atoms with Crippen LogP contribution in [0.2, 0.25) is 0 Å². The van der Waals surface area contributed by atoms with Crippen LogP contribution in [0.1, 0.15) is 56.1 Å². The van der Waals surface area contributed by atoms with Crippen LogP contribution in [0.15, 0.2) is 18.2 Å². The number of halogens is 1. The topological polar surface area (TPSA) is 29.5 Å². The van der Waals surface area contributed by atoms with E-state index in [1.165, 1.54) is 18.9 Å². The highest BCUT2D eigenvalue weighted by Gasteiger charge is 2.49. The number of fused-ring (bicyclic) bond motifs is 1. The standard InChI is InChI=1S/C18H23FO2/c19-15-3-4-16-13(11-15)5-9-18(16,20)14-6-10-21-17(12-14)7-1-2-8-17/h3-4,11,14,20H,1-2,5-10,12H2. The zero-order valence-corrected chi connectivity index (χ0v) is 12.4. The molecule has 21 heavy (non-hydrogen) atoms. The molecule has 114 valence electrons. The molecule has 2 aliphatic carbocycles. The number of aryl methyl sites for hydroxylation is 1. The van der Waals surface area contributed by atoms with E-state index in [0.717, 1.165) is 56.3 Å². The van der Waals surface area contributed by atoms with Crippen molar-refractivity contribution in [3.05, 3.63) is 35.1 Å². The predicted molar refractivity (Wildman–Crippen MR) is 78.5 cm³/mol. The van der Waals surface area contributed by atoms with Gasteiger partial charge in [0.1, 0.15) is 5.82 Å². The molecule has 1 heterocycles. The van der Waals surface area contributed by atoms with Gasteiger partial charge in [0, 0.05) is 6.61 Å². The van der Waals surface area contributed by atoms with Gasteiger partial charge in [0.25, 0.3) is 0 Å². The summed E-state index contributed by atoms with van der Waals surface area (Å²) < 4.78 is 19.5. The second kappa shape index (κ2) is 4.79. The van der Waals surface area contributed by atoms with Crippen LogP contribution in [0.4, 0.5) is 4.39 Å². The third-order valence-corrected chi connectivity index (χ3v) is 5.99. The van der Waals surface area contributed by atoms with Gasteiger partial charge in [-0.05, 0) is 67.7 Å². The average molecular weight is 290 g/mol. The first-order chi connectivity index (χ1) is 10.1. The van der Waals surface area contributed by atoms with Crippen molar-refractivity contribution in [1.29, 1.82) is 0 Å². The molecule has 3 aliphatic rings. The van der Waals surface area contributed by atoms with E-state index < -0.39 is 5.60 Å². The first-order valence-corrected chi connectivity index (χ1v) is 8.27. The summed E-state index contributed by atoms with van der Waals surface area (Å²) in [6.07, 6.45) is 8.14. The maximum atomic E-state index is 13.4. The molecule has 2 fully saturated rings. The molecule has 1 N–H and O–H groups in total. The lowest BCUT2D eigenvalue weighted by molar-refractivity contribution is -0.143. The predicted octanol–water partition coefficient (Wildman–Crippen LogP) is 3.70. The molecule has 0 amide bonds. The van der Waals surface area contributed by atoms with Gasteiger partial charge in [-0.1, -0.05) is 18.9 Å². The molecule has 0 bridgehead atoms. The molecule has 4 rings (SSSR count). The zero-order chi connectivity index (χ0) is 14.5. The molecule has 0 aromatic heterocycles. The van der Waals surface area contributed by atoms with Crippen molar-refractivity contribution in [2.24, 2.45) is 5.92 Å². The summed E-state index contributed by atoms with van der Waals surface area (Å²) >= 11 is 0. The van der Waals surface area contributed by atoms with E-state index in [4.69, 9.17) is 4.74 Å². The monoisotopic (exact) mass is 290 g/mol. The smallest absolute Gasteiger partial charge is 0.123 e. The molecule has 1 saturated heterocycles. The van der Waals surface area contributed by atoms with E-state index in [0.29, 0.717) is 0 Å². The maximum absolute atomic E-state index is 13.4. The minimum absolute atomic E-state index is 0.0153. The van der Waals surface area contributed by atoms with Gasteiger partial charge >= 0.3 is 0 Å². The van der Waals surface area contributed by atoms with Crippen molar-refractivity contribution in [2.75, 3.05) is 6.61 Å². The SMILES string of the molecule is OC1(C2CCOC3(CCCC3)C2)CCc2cc(F)ccc21. The molecular weight excluding hydrogens is 267 g/mol. The number of benzene rings is 1. The van der Waals surface area contributed by atoms with Gasteiger partial charge in [0.05, 0.1) is 11.2 Å². The van der Waals surface area contributed by atoms with Crippen molar-refractivity contribution >= 4 is 0 Å². The largest absolute Gasteiger partial charge is 0.385 e. The van der Waals surface area contributed by atoms with E-state index in [2.05, 4.69) is 0 Å². The molecule has 2 unspecified atom stereocenters. The second-order valence-corrected chi connectivity index (χ2v) is 7.15. The van der Waals surface area contributed by atoms with Gasteiger partial charge < -0.3 is 9.84 Å². The van der Waals surface area contributed by atoms with Crippen LogP contribution in [-0.4, -0.2) is 17.3 Å². The first kappa shape index (κ1) is 13.7. The highest BCUT2D eigenvalue weighted by molar-refractivity contribution is 5.38. The van der Waals surface area contributed by atoms with Gasteiger partial charge in [-0.25, -0.2) is 4.39 Å². The Morgan fingerprint density at radius 1 is 1.19 bits per heavy atom. The number of ether oxygens (including phenoxy) is 1. The Hall–Kier alpha value is -0.930. The Morgan fingerprint density at radius 2 is 2.00 bits per heavy atom. The van der Waals surface area contributed by atoms with Crippen molar-refractivity contribution in [2.45, 2.75) is 62.6 Å². The highest BCUT2D eigenvalue weighted by atomic mass is 19.1. The zero-order valence-electron chi connectivity index (χ0n) is 12.4. The van der Waals surface area contributed by atoms with Crippen LogP contribution in [0.3, 0.4) is 0 Å². The van der Waals surface area contributed by atoms with E-state index in [1.54, 1.807) is 12.1 Å². The maximum Gasteiger partial charge on any atom is 0.123 e. The van der Waals surface area contributed by atoms with Crippen LogP contribution in [0, 0.1) is 11.7 Å². The Morgan fingerprint density at radius 3 is 2.81 bits per heavy atom. The summed E-state index contributed by atoms with van der Waals surface area (Å²) in [6, 6.07) is 4.88. The van der Waals surface area contributed by atoms with Crippen LogP contribution < -0.4 is 0 Å². The van der Waals surface area contributed by atoms with E-state index >= 15 is 0 Å². The fourth-order valence-corrected chi connectivity index (χ4v) is 4.88. The Balaban J connectivity index is 1.64. The van der Waals surface area contributed by atoms with Crippen molar-refractivity contribution < 1.29 is 14.2 Å². The molecular formula is C18H23FO2. The van der Waals surface area contributed by atoms with Gasteiger partial charge in [-0.3, -0.25) is 0 Å². The molecule has 1 aromatic rings. The molecule has 1 spiro atoms. The molecule has 3 heteroatoms. The fraction of sp³-hybridized carbons (Fsp3) is 0.667. The van der Waals surface area contributed by atoms with Crippen molar-refractivity contribution in [3.63, 3.8) is 0 Å².